The Bertz CT molecular complexity index is 1620. The summed E-state index contributed by atoms with van der Waals surface area (Å²) in [6.45, 7) is 7.44. The first kappa shape index (κ1) is 25.7. The summed E-state index contributed by atoms with van der Waals surface area (Å²) in [6, 6.07) is 22.9. The van der Waals surface area contributed by atoms with Crippen molar-refractivity contribution in [2.75, 3.05) is 56.2 Å². The highest BCUT2D eigenvalue weighted by Gasteiger charge is 2.18. The lowest BCUT2D eigenvalue weighted by Crippen LogP contribution is -2.36. The molecule has 2 aromatic heterocycles. The number of nitrogens with zero attached hydrogens (tertiary/aromatic N) is 6. The molecule has 2 fully saturated rings. The number of hydrogen-bond acceptors (Lipinski definition) is 8. The van der Waals surface area contributed by atoms with E-state index in [4.69, 9.17) is 24.4 Å². The summed E-state index contributed by atoms with van der Waals surface area (Å²) in [7, 11) is 0. The van der Waals surface area contributed by atoms with Gasteiger partial charge in [0.05, 0.1) is 19.5 Å². The number of benzene rings is 3. The summed E-state index contributed by atoms with van der Waals surface area (Å²) in [5.74, 6) is 1.35. The summed E-state index contributed by atoms with van der Waals surface area (Å²) in [6.07, 6.45) is 5.75. The van der Waals surface area contributed by atoms with Crippen LogP contribution in [-0.2, 0) is 11.3 Å². The van der Waals surface area contributed by atoms with E-state index in [2.05, 4.69) is 62.1 Å². The first-order valence-corrected chi connectivity index (χ1v) is 14.6. The normalized spacial score (nSPS) is 16.3. The fraction of sp³-hybridized carbons (Fsp3) is 0.344. The number of nitrogens with one attached hydrogen (secondary N) is 1. The van der Waals surface area contributed by atoms with Gasteiger partial charge in [0.25, 0.3) is 0 Å². The predicted octanol–water partition coefficient (Wildman–Crippen LogP) is 5.84. The van der Waals surface area contributed by atoms with Gasteiger partial charge < -0.3 is 29.2 Å². The Kier molecular flexibility index (Phi) is 7.36. The van der Waals surface area contributed by atoms with Crippen LogP contribution in [-0.4, -0.2) is 70.4 Å². The van der Waals surface area contributed by atoms with Crippen LogP contribution in [0.3, 0.4) is 0 Å². The van der Waals surface area contributed by atoms with Crippen molar-refractivity contribution < 1.29 is 9.47 Å². The molecule has 2 aliphatic heterocycles. The van der Waals surface area contributed by atoms with Crippen molar-refractivity contribution in [3.8, 4) is 11.8 Å². The largest absolute Gasteiger partial charge is 0.424 e. The zero-order chi connectivity index (χ0) is 27.4. The summed E-state index contributed by atoms with van der Waals surface area (Å²) >= 11 is 0. The molecule has 210 valence electrons. The molecular weight excluding hydrogens is 514 g/mol. The van der Waals surface area contributed by atoms with Gasteiger partial charge in [-0.25, -0.2) is 4.98 Å². The first-order valence-electron chi connectivity index (χ1n) is 14.6. The fourth-order valence-corrected chi connectivity index (χ4v) is 5.75. The van der Waals surface area contributed by atoms with Crippen LogP contribution in [0.1, 0.15) is 19.3 Å². The highest BCUT2D eigenvalue weighted by molar-refractivity contribution is 5.89. The molecule has 0 amide bonds. The molecule has 9 heteroatoms. The second kappa shape index (κ2) is 11.7. The Balaban J connectivity index is 1.20. The van der Waals surface area contributed by atoms with E-state index in [0.717, 1.165) is 85.9 Å². The minimum Gasteiger partial charge on any atom is -0.424 e. The zero-order valence-electron chi connectivity index (χ0n) is 23.2. The van der Waals surface area contributed by atoms with E-state index in [1.807, 2.05) is 30.6 Å². The maximum absolute atomic E-state index is 6.36. The molecule has 0 aliphatic carbocycles. The number of hydrogen-bond donors (Lipinski definition) is 1. The molecule has 4 heterocycles. The number of likely N-dealkylation sites (tertiary alicyclic amines) is 1. The maximum atomic E-state index is 6.36. The zero-order valence-corrected chi connectivity index (χ0v) is 23.2. The molecule has 0 unspecified atom stereocenters. The number of piperidine rings is 1. The average Bonchev–Trinajstić information content (AvgIpc) is 3.45. The molecular formula is C32H35N7O2. The summed E-state index contributed by atoms with van der Waals surface area (Å²) in [5, 5.41) is 5.63. The Morgan fingerprint density at radius 3 is 2.46 bits per heavy atom. The standard InChI is InChI=1S/C32H35N7O2/c1-4-15-37(16-5-1)17-18-39-23-33-29-30(34-25-11-13-26(14-12-25)38-19-21-40-22-20-38)35-32(36-31(29)39)41-28-10-6-8-24-7-2-3-9-27(24)28/h2-3,6-14,23H,1,4-5,15-22H2,(H,34,35,36). The van der Waals surface area contributed by atoms with Crippen LogP contribution in [0.5, 0.6) is 11.8 Å². The van der Waals surface area contributed by atoms with Crippen LogP contribution in [0, 0.1) is 0 Å². The van der Waals surface area contributed by atoms with Gasteiger partial charge in [-0.15, -0.1) is 0 Å². The number of fused-ring (bicyclic) bond motifs is 2. The number of ether oxygens (including phenoxy) is 2. The number of aromatic nitrogens is 4. The lowest BCUT2D eigenvalue weighted by molar-refractivity contribution is 0.122. The second-order valence-electron chi connectivity index (χ2n) is 10.7. The highest BCUT2D eigenvalue weighted by atomic mass is 16.5. The molecule has 7 rings (SSSR count). The fourth-order valence-electron chi connectivity index (χ4n) is 5.75. The van der Waals surface area contributed by atoms with Gasteiger partial charge in [-0.05, 0) is 61.6 Å². The summed E-state index contributed by atoms with van der Waals surface area (Å²) in [4.78, 5) is 19.3. The highest BCUT2D eigenvalue weighted by Crippen LogP contribution is 2.32. The maximum Gasteiger partial charge on any atom is 0.326 e. The van der Waals surface area contributed by atoms with Gasteiger partial charge in [-0.2, -0.15) is 9.97 Å². The van der Waals surface area contributed by atoms with Crippen LogP contribution in [0.25, 0.3) is 21.9 Å². The topological polar surface area (TPSA) is 80.6 Å². The quantitative estimate of drug-likeness (QED) is 0.259. The average molecular weight is 550 g/mol. The third-order valence-electron chi connectivity index (χ3n) is 8.01. The van der Waals surface area contributed by atoms with Gasteiger partial charge in [0, 0.05) is 42.9 Å². The molecule has 41 heavy (non-hydrogen) atoms. The van der Waals surface area contributed by atoms with Gasteiger partial charge in [-0.1, -0.05) is 42.8 Å². The van der Waals surface area contributed by atoms with Crippen molar-refractivity contribution in [1.29, 1.82) is 0 Å². The predicted molar refractivity (Wildman–Crippen MR) is 162 cm³/mol. The van der Waals surface area contributed by atoms with Crippen LogP contribution in [0.15, 0.2) is 73.1 Å². The lowest BCUT2D eigenvalue weighted by Gasteiger charge is -2.28. The van der Waals surface area contributed by atoms with Crippen LogP contribution in [0.4, 0.5) is 17.2 Å². The van der Waals surface area contributed by atoms with Crippen molar-refractivity contribution in [3.05, 3.63) is 73.1 Å². The molecule has 2 saturated heterocycles. The Hall–Kier alpha value is -4.21. The third-order valence-corrected chi connectivity index (χ3v) is 8.01. The van der Waals surface area contributed by atoms with E-state index in [1.165, 1.54) is 24.9 Å². The SMILES string of the molecule is c1ccc2c(Oc3nc(Nc4ccc(N5CCOCC5)cc4)c4ncn(CCN5CCCCC5)c4n3)cccc2c1. The van der Waals surface area contributed by atoms with Crippen molar-refractivity contribution in [2.24, 2.45) is 0 Å². The van der Waals surface area contributed by atoms with Gasteiger partial charge in [0.1, 0.15) is 5.75 Å². The number of anilines is 3. The number of rotatable bonds is 8. The second-order valence-corrected chi connectivity index (χ2v) is 10.7. The molecule has 9 nitrogen and oxygen atoms in total. The van der Waals surface area contributed by atoms with Crippen molar-refractivity contribution in [3.63, 3.8) is 0 Å². The molecule has 0 spiro atoms. The Morgan fingerprint density at radius 2 is 1.61 bits per heavy atom. The molecule has 0 bridgehead atoms. The molecule has 2 aliphatic rings. The van der Waals surface area contributed by atoms with Gasteiger partial charge >= 0.3 is 6.01 Å². The number of morpholine rings is 1. The van der Waals surface area contributed by atoms with E-state index in [-0.39, 0.29) is 0 Å². The molecule has 5 aromatic rings. The third kappa shape index (κ3) is 5.68. The van der Waals surface area contributed by atoms with E-state index >= 15 is 0 Å². The molecule has 1 N–H and O–H groups in total. The van der Waals surface area contributed by atoms with Gasteiger partial charge in [0.2, 0.25) is 0 Å². The van der Waals surface area contributed by atoms with E-state index in [1.54, 1.807) is 0 Å². The van der Waals surface area contributed by atoms with Crippen molar-refractivity contribution in [1.82, 2.24) is 24.4 Å². The monoisotopic (exact) mass is 549 g/mol. The molecule has 0 saturated carbocycles. The minimum absolute atomic E-state index is 0.293. The van der Waals surface area contributed by atoms with E-state index < -0.39 is 0 Å². The molecule has 3 aromatic carbocycles. The molecule has 0 atom stereocenters. The lowest BCUT2D eigenvalue weighted by atomic mass is 10.1. The van der Waals surface area contributed by atoms with Crippen LogP contribution < -0.4 is 15.0 Å². The van der Waals surface area contributed by atoms with Crippen LogP contribution in [0.2, 0.25) is 0 Å². The van der Waals surface area contributed by atoms with Gasteiger partial charge in [-0.3, -0.25) is 0 Å². The minimum atomic E-state index is 0.293. The smallest absolute Gasteiger partial charge is 0.326 e. The Morgan fingerprint density at radius 1 is 0.805 bits per heavy atom. The number of imidazole rings is 1. The molecule has 0 radical (unpaired) electrons. The van der Waals surface area contributed by atoms with Gasteiger partial charge in [0.15, 0.2) is 17.0 Å². The van der Waals surface area contributed by atoms with Crippen LogP contribution >= 0.6 is 0 Å². The van der Waals surface area contributed by atoms with Crippen molar-refractivity contribution >= 4 is 39.1 Å². The van der Waals surface area contributed by atoms with E-state index in [9.17, 15) is 0 Å². The Labute approximate surface area is 239 Å². The van der Waals surface area contributed by atoms with Crippen molar-refractivity contribution in [2.45, 2.75) is 25.8 Å². The van der Waals surface area contributed by atoms with E-state index in [0.29, 0.717) is 11.8 Å². The summed E-state index contributed by atoms with van der Waals surface area (Å²) < 4.78 is 14.0. The first-order chi connectivity index (χ1) is 20.3. The summed E-state index contributed by atoms with van der Waals surface area (Å²) in [5.41, 5.74) is 3.61.